The maximum atomic E-state index is 13.8. The minimum absolute atomic E-state index is 0.0890. The first-order chi connectivity index (χ1) is 14.1. The van der Waals surface area contributed by atoms with Gasteiger partial charge < -0.3 is 15.6 Å². The zero-order chi connectivity index (χ0) is 20.2. The molecule has 0 aliphatic heterocycles. The standard InChI is InChI=1S/C22H18F2N4O/c23-15-7-8-21(19(24)10-15)28-22(29)27-12-17(14-4-3-9-25-11-14)18-13-26-20-6-2-1-5-16(18)20/h1-11,13,17,26H,12H2,(H2,27,28,29)/t17-/m1/s1. The first-order valence-corrected chi connectivity index (χ1v) is 9.07. The highest BCUT2D eigenvalue weighted by atomic mass is 19.1. The van der Waals surface area contributed by atoms with E-state index in [9.17, 15) is 13.6 Å². The van der Waals surface area contributed by atoms with Crippen LogP contribution in [0.2, 0.25) is 0 Å². The molecule has 0 radical (unpaired) electrons. The zero-order valence-corrected chi connectivity index (χ0v) is 15.3. The van der Waals surface area contributed by atoms with Crippen molar-refractivity contribution in [2.75, 3.05) is 11.9 Å². The molecule has 29 heavy (non-hydrogen) atoms. The number of aromatic amines is 1. The van der Waals surface area contributed by atoms with E-state index in [2.05, 4.69) is 20.6 Å². The van der Waals surface area contributed by atoms with Crippen LogP contribution in [-0.4, -0.2) is 22.5 Å². The number of hydrogen-bond acceptors (Lipinski definition) is 2. The third-order valence-corrected chi connectivity index (χ3v) is 4.73. The second-order valence-electron chi connectivity index (χ2n) is 6.59. The highest BCUT2D eigenvalue weighted by molar-refractivity contribution is 5.89. The summed E-state index contributed by atoms with van der Waals surface area (Å²) in [6, 6.07) is 14.1. The zero-order valence-electron chi connectivity index (χ0n) is 15.3. The van der Waals surface area contributed by atoms with Gasteiger partial charge in [0.25, 0.3) is 0 Å². The number of urea groups is 1. The first kappa shape index (κ1) is 18.6. The molecule has 2 heterocycles. The summed E-state index contributed by atoms with van der Waals surface area (Å²) in [5.74, 6) is -1.70. The van der Waals surface area contributed by atoms with Crippen LogP contribution < -0.4 is 10.6 Å². The van der Waals surface area contributed by atoms with Gasteiger partial charge in [-0.15, -0.1) is 0 Å². The highest BCUT2D eigenvalue weighted by Gasteiger charge is 2.19. The summed E-state index contributed by atoms with van der Waals surface area (Å²) in [4.78, 5) is 19.7. The van der Waals surface area contributed by atoms with E-state index in [1.807, 2.05) is 42.6 Å². The molecule has 0 aliphatic rings. The number of H-pyrrole nitrogens is 1. The summed E-state index contributed by atoms with van der Waals surface area (Å²) in [5, 5.41) is 6.23. The Morgan fingerprint density at radius 1 is 1.10 bits per heavy atom. The largest absolute Gasteiger partial charge is 0.361 e. The van der Waals surface area contributed by atoms with Gasteiger partial charge in [-0.05, 0) is 35.4 Å². The van der Waals surface area contributed by atoms with Gasteiger partial charge in [-0.3, -0.25) is 4.98 Å². The number of nitrogens with zero attached hydrogens (tertiary/aromatic N) is 1. The van der Waals surface area contributed by atoms with Crippen molar-refractivity contribution in [1.29, 1.82) is 0 Å². The molecule has 0 unspecified atom stereocenters. The second kappa shape index (κ2) is 8.10. The number of hydrogen-bond donors (Lipinski definition) is 3. The molecule has 4 aromatic rings. The molecule has 0 aliphatic carbocycles. The fraction of sp³-hybridized carbons (Fsp3) is 0.0909. The lowest BCUT2D eigenvalue weighted by atomic mass is 9.92. The number of anilines is 1. The summed E-state index contributed by atoms with van der Waals surface area (Å²) < 4.78 is 26.8. The average molecular weight is 392 g/mol. The van der Waals surface area contributed by atoms with Gasteiger partial charge >= 0.3 is 6.03 Å². The lowest BCUT2D eigenvalue weighted by Crippen LogP contribution is -2.33. The van der Waals surface area contributed by atoms with Gasteiger partial charge in [0.15, 0.2) is 0 Å². The number of halogens is 2. The Morgan fingerprint density at radius 3 is 2.76 bits per heavy atom. The third-order valence-electron chi connectivity index (χ3n) is 4.73. The fourth-order valence-electron chi connectivity index (χ4n) is 3.32. The van der Waals surface area contributed by atoms with E-state index < -0.39 is 17.7 Å². The predicted octanol–water partition coefficient (Wildman–Crippen LogP) is 4.79. The molecule has 0 fully saturated rings. The summed E-state index contributed by atoms with van der Waals surface area (Å²) >= 11 is 0. The van der Waals surface area contributed by atoms with Gasteiger partial charge in [-0.2, -0.15) is 0 Å². The van der Waals surface area contributed by atoms with Crippen LogP contribution >= 0.6 is 0 Å². The summed E-state index contributed by atoms with van der Waals surface area (Å²) in [6.45, 7) is 0.266. The Kier molecular flexibility index (Phi) is 5.20. The Balaban J connectivity index is 1.55. The van der Waals surface area contributed by atoms with E-state index in [0.717, 1.165) is 34.2 Å². The Bertz CT molecular complexity index is 1140. The minimum Gasteiger partial charge on any atom is -0.361 e. The number of rotatable bonds is 5. The maximum absolute atomic E-state index is 13.8. The van der Waals surface area contributed by atoms with Gasteiger partial charge in [-0.25, -0.2) is 13.6 Å². The number of fused-ring (bicyclic) bond motifs is 1. The number of amides is 2. The van der Waals surface area contributed by atoms with Crippen molar-refractivity contribution >= 4 is 22.6 Å². The summed E-state index contributed by atoms with van der Waals surface area (Å²) in [5.41, 5.74) is 2.86. The normalized spacial score (nSPS) is 11.9. The van der Waals surface area contributed by atoms with Crippen LogP contribution in [0.15, 0.2) is 73.2 Å². The maximum Gasteiger partial charge on any atom is 0.319 e. The van der Waals surface area contributed by atoms with Crippen molar-refractivity contribution in [2.45, 2.75) is 5.92 Å². The molecule has 2 aromatic carbocycles. The van der Waals surface area contributed by atoms with Crippen LogP contribution in [-0.2, 0) is 0 Å². The molecule has 0 bridgehead atoms. The van der Waals surface area contributed by atoms with Gasteiger partial charge in [0, 0.05) is 48.0 Å². The molecule has 7 heteroatoms. The highest BCUT2D eigenvalue weighted by Crippen LogP contribution is 2.30. The Labute approximate surface area is 165 Å². The molecule has 3 N–H and O–H groups in total. The van der Waals surface area contributed by atoms with E-state index in [4.69, 9.17) is 0 Å². The molecular weight excluding hydrogens is 374 g/mol. The third kappa shape index (κ3) is 4.08. The van der Waals surface area contributed by atoms with E-state index in [1.165, 1.54) is 6.07 Å². The van der Waals surface area contributed by atoms with Crippen molar-refractivity contribution in [3.05, 3.63) is 95.9 Å². The van der Waals surface area contributed by atoms with Gasteiger partial charge in [0.05, 0.1) is 5.69 Å². The number of carbonyl (C=O) groups excluding carboxylic acids is 1. The second-order valence-corrected chi connectivity index (χ2v) is 6.59. The van der Waals surface area contributed by atoms with Crippen LogP contribution in [0.3, 0.4) is 0 Å². The molecule has 5 nitrogen and oxygen atoms in total. The van der Waals surface area contributed by atoms with E-state index in [0.29, 0.717) is 0 Å². The van der Waals surface area contributed by atoms with Crippen LogP contribution in [0.5, 0.6) is 0 Å². The topological polar surface area (TPSA) is 69.8 Å². The number of pyridine rings is 1. The van der Waals surface area contributed by atoms with E-state index >= 15 is 0 Å². The average Bonchev–Trinajstić information content (AvgIpc) is 3.15. The predicted molar refractivity (Wildman–Crippen MR) is 108 cm³/mol. The molecule has 0 saturated carbocycles. The van der Waals surface area contributed by atoms with Crippen molar-refractivity contribution in [2.24, 2.45) is 0 Å². The molecule has 146 valence electrons. The molecule has 2 amide bonds. The summed E-state index contributed by atoms with van der Waals surface area (Å²) in [7, 11) is 0. The SMILES string of the molecule is O=C(NC[C@H](c1cccnc1)c1c[nH]c2ccccc12)Nc1ccc(F)cc1F. The molecule has 1 atom stereocenters. The van der Waals surface area contributed by atoms with Crippen molar-refractivity contribution in [3.63, 3.8) is 0 Å². The molecule has 0 saturated heterocycles. The number of para-hydroxylation sites is 1. The fourth-order valence-corrected chi connectivity index (χ4v) is 3.32. The number of carbonyl (C=O) groups is 1. The smallest absolute Gasteiger partial charge is 0.319 e. The molecular formula is C22H18F2N4O. The molecule has 2 aromatic heterocycles. The minimum atomic E-state index is -0.833. The number of benzene rings is 2. The van der Waals surface area contributed by atoms with Crippen LogP contribution in [0.4, 0.5) is 19.3 Å². The van der Waals surface area contributed by atoms with E-state index in [-0.39, 0.29) is 18.2 Å². The Hall–Kier alpha value is -3.74. The van der Waals surface area contributed by atoms with Gasteiger partial charge in [-0.1, -0.05) is 24.3 Å². The van der Waals surface area contributed by atoms with Crippen LogP contribution in [0.1, 0.15) is 17.0 Å². The lowest BCUT2D eigenvalue weighted by molar-refractivity contribution is 0.251. The molecule has 0 spiro atoms. The lowest BCUT2D eigenvalue weighted by Gasteiger charge is -2.18. The van der Waals surface area contributed by atoms with Crippen LogP contribution in [0, 0.1) is 11.6 Å². The monoisotopic (exact) mass is 392 g/mol. The number of nitrogens with one attached hydrogen (secondary N) is 3. The van der Waals surface area contributed by atoms with Crippen molar-refractivity contribution in [1.82, 2.24) is 15.3 Å². The van der Waals surface area contributed by atoms with E-state index in [1.54, 1.807) is 12.4 Å². The van der Waals surface area contributed by atoms with Crippen LogP contribution in [0.25, 0.3) is 10.9 Å². The van der Waals surface area contributed by atoms with Gasteiger partial charge in [0.2, 0.25) is 0 Å². The molecule has 4 rings (SSSR count). The van der Waals surface area contributed by atoms with Crippen molar-refractivity contribution in [3.8, 4) is 0 Å². The quantitative estimate of drug-likeness (QED) is 0.457. The first-order valence-electron chi connectivity index (χ1n) is 9.07. The van der Waals surface area contributed by atoms with Gasteiger partial charge in [0.1, 0.15) is 11.6 Å². The Morgan fingerprint density at radius 2 is 1.97 bits per heavy atom. The van der Waals surface area contributed by atoms with Crippen molar-refractivity contribution < 1.29 is 13.6 Å². The number of aromatic nitrogens is 2. The summed E-state index contributed by atoms with van der Waals surface area (Å²) in [6.07, 6.45) is 5.36.